The molecule has 4 heterocycles. The summed E-state index contributed by atoms with van der Waals surface area (Å²) in [4.78, 5) is 6.61. The second kappa shape index (κ2) is 3.81. The number of rotatable bonds is 1. The zero-order valence-electron chi connectivity index (χ0n) is 9.62. The molecule has 3 aliphatic rings. The first-order chi connectivity index (χ1) is 7.74. The molecule has 2 bridgehead atoms. The Bertz CT molecular complexity index is 397. The highest BCUT2D eigenvalue weighted by Gasteiger charge is 2.34. The molecule has 1 aromatic heterocycles. The van der Waals surface area contributed by atoms with Gasteiger partial charge in [0.2, 0.25) is 0 Å². The number of fused-ring (bicyclic) bond motifs is 3. The average Bonchev–Trinajstić information content (AvgIpc) is 2.34. The van der Waals surface area contributed by atoms with E-state index in [9.17, 15) is 4.39 Å². The van der Waals surface area contributed by atoms with Crippen LogP contribution in [0.5, 0.6) is 0 Å². The first kappa shape index (κ1) is 10.2. The normalized spacial score (nSPS) is 33.0. The molecule has 0 N–H and O–H groups in total. The largest absolute Gasteiger partial charge is 0.296 e. The van der Waals surface area contributed by atoms with Crippen molar-refractivity contribution in [3.8, 4) is 0 Å². The van der Waals surface area contributed by atoms with E-state index in [0.29, 0.717) is 11.7 Å². The lowest BCUT2D eigenvalue weighted by molar-refractivity contribution is 0.0487. The number of pyridine rings is 1. The second-order valence-electron chi connectivity index (χ2n) is 5.07. The molecule has 1 unspecified atom stereocenters. The molecule has 0 spiro atoms. The number of hydrogen-bond acceptors (Lipinski definition) is 2. The average molecular weight is 220 g/mol. The van der Waals surface area contributed by atoms with Gasteiger partial charge in [0.25, 0.3) is 0 Å². The molecule has 16 heavy (non-hydrogen) atoms. The van der Waals surface area contributed by atoms with Crippen molar-refractivity contribution in [2.75, 3.05) is 13.1 Å². The summed E-state index contributed by atoms with van der Waals surface area (Å²) < 4.78 is 13.5. The minimum absolute atomic E-state index is 0.167. The SMILES string of the molecule is Cc1ncc(C2CC3CCN2CC3)cc1F. The van der Waals surface area contributed by atoms with E-state index in [0.717, 1.165) is 11.5 Å². The number of hydrogen-bond donors (Lipinski definition) is 0. The van der Waals surface area contributed by atoms with Crippen molar-refractivity contribution in [2.24, 2.45) is 5.92 Å². The van der Waals surface area contributed by atoms with Crippen LogP contribution in [0.15, 0.2) is 12.3 Å². The maximum absolute atomic E-state index is 13.5. The lowest BCUT2D eigenvalue weighted by atomic mass is 9.81. The molecular formula is C13H17FN2. The molecule has 1 atom stereocenters. The molecule has 3 saturated heterocycles. The van der Waals surface area contributed by atoms with Crippen LogP contribution in [0.4, 0.5) is 4.39 Å². The number of nitrogens with zero attached hydrogens (tertiary/aromatic N) is 2. The summed E-state index contributed by atoms with van der Waals surface area (Å²) in [6.45, 7) is 4.06. The Morgan fingerprint density at radius 1 is 1.38 bits per heavy atom. The van der Waals surface area contributed by atoms with E-state index in [-0.39, 0.29) is 5.82 Å². The van der Waals surface area contributed by atoms with Gasteiger partial charge in [-0.25, -0.2) is 4.39 Å². The van der Waals surface area contributed by atoms with Gasteiger partial charge in [0, 0.05) is 12.2 Å². The van der Waals surface area contributed by atoms with Gasteiger partial charge in [-0.1, -0.05) is 0 Å². The van der Waals surface area contributed by atoms with Gasteiger partial charge in [0.15, 0.2) is 0 Å². The first-order valence-electron chi connectivity index (χ1n) is 6.10. The van der Waals surface area contributed by atoms with Crippen LogP contribution in [0, 0.1) is 18.7 Å². The fourth-order valence-corrected chi connectivity index (χ4v) is 3.02. The molecule has 0 aliphatic carbocycles. The Morgan fingerprint density at radius 2 is 2.12 bits per heavy atom. The molecule has 86 valence electrons. The Labute approximate surface area is 95.5 Å². The van der Waals surface area contributed by atoms with Crippen molar-refractivity contribution in [2.45, 2.75) is 32.2 Å². The summed E-state index contributed by atoms with van der Waals surface area (Å²) in [6.07, 6.45) is 5.67. The highest BCUT2D eigenvalue weighted by Crippen LogP contribution is 2.40. The quantitative estimate of drug-likeness (QED) is 0.723. The predicted octanol–water partition coefficient (Wildman–Crippen LogP) is 2.69. The van der Waals surface area contributed by atoms with E-state index in [1.54, 1.807) is 13.0 Å². The molecule has 3 aliphatic heterocycles. The third-order valence-electron chi connectivity index (χ3n) is 4.08. The van der Waals surface area contributed by atoms with Gasteiger partial charge in [0.05, 0.1) is 5.69 Å². The lowest BCUT2D eigenvalue weighted by Crippen LogP contribution is -2.43. The van der Waals surface area contributed by atoms with Gasteiger partial charge >= 0.3 is 0 Å². The van der Waals surface area contributed by atoms with Crippen molar-refractivity contribution in [3.05, 3.63) is 29.3 Å². The minimum Gasteiger partial charge on any atom is -0.296 e. The number of halogens is 1. The fraction of sp³-hybridized carbons (Fsp3) is 0.615. The standard InChI is InChI=1S/C13H17FN2/c1-9-12(14)7-11(8-15-9)13-6-10-2-4-16(13)5-3-10/h7-8,10,13H,2-6H2,1H3. The Balaban J connectivity index is 1.89. The van der Waals surface area contributed by atoms with Crippen molar-refractivity contribution in [1.82, 2.24) is 9.88 Å². The molecule has 0 saturated carbocycles. The highest BCUT2D eigenvalue weighted by atomic mass is 19.1. The molecule has 3 heteroatoms. The van der Waals surface area contributed by atoms with E-state index in [4.69, 9.17) is 0 Å². The zero-order valence-corrected chi connectivity index (χ0v) is 9.62. The summed E-state index contributed by atoms with van der Waals surface area (Å²) >= 11 is 0. The summed E-state index contributed by atoms with van der Waals surface area (Å²) in [5.41, 5.74) is 1.56. The summed E-state index contributed by atoms with van der Waals surface area (Å²) in [7, 11) is 0. The molecule has 4 rings (SSSR count). The van der Waals surface area contributed by atoms with Crippen molar-refractivity contribution >= 4 is 0 Å². The lowest BCUT2D eigenvalue weighted by Gasteiger charge is -2.45. The van der Waals surface area contributed by atoms with Crippen LogP contribution >= 0.6 is 0 Å². The van der Waals surface area contributed by atoms with Crippen LogP contribution in [-0.4, -0.2) is 23.0 Å². The fourth-order valence-electron chi connectivity index (χ4n) is 3.02. The monoisotopic (exact) mass is 220 g/mol. The molecule has 0 amide bonds. The number of piperidine rings is 3. The third kappa shape index (κ3) is 1.63. The molecule has 0 aromatic carbocycles. The maximum atomic E-state index is 13.5. The van der Waals surface area contributed by atoms with E-state index in [2.05, 4.69) is 9.88 Å². The number of aryl methyl sites for hydroxylation is 1. The van der Waals surface area contributed by atoms with Gasteiger partial charge in [-0.15, -0.1) is 0 Å². The Hall–Kier alpha value is -0.960. The van der Waals surface area contributed by atoms with Crippen molar-refractivity contribution in [3.63, 3.8) is 0 Å². The second-order valence-corrected chi connectivity index (χ2v) is 5.07. The molecular weight excluding hydrogens is 203 g/mol. The molecule has 3 fully saturated rings. The maximum Gasteiger partial charge on any atom is 0.144 e. The van der Waals surface area contributed by atoms with Gasteiger partial charge in [-0.3, -0.25) is 9.88 Å². The summed E-state index contributed by atoms with van der Waals surface area (Å²) in [6, 6.07) is 2.09. The third-order valence-corrected chi connectivity index (χ3v) is 4.08. The summed E-state index contributed by atoms with van der Waals surface area (Å²) in [5.74, 6) is 0.680. The van der Waals surface area contributed by atoms with Crippen molar-refractivity contribution in [1.29, 1.82) is 0 Å². The van der Waals surface area contributed by atoms with Crippen LogP contribution in [0.3, 0.4) is 0 Å². The van der Waals surface area contributed by atoms with Crippen LogP contribution < -0.4 is 0 Å². The topological polar surface area (TPSA) is 16.1 Å². The first-order valence-corrected chi connectivity index (χ1v) is 6.10. The van der Waals surface area contributed by atoms with Crippen LogP contribution in [0.25, 0.3) is 0 Å². The van der Waals surface area contributed by atoms with E-state index >= 15 is 0 Å². The zero-order chi connectivity index (χ0) is 11.1. The van der Waals surface area contributed by atoms with Gasteiger partial charge < -0.3 is 0 Å². The molecule has 1 aromatic rings. The van der Waals surface area contributed by atoms with Crippen LogP contribution in [-0.2, 0) is 0 Å². The Kier molecular flexibility index (Phi) is 2.43. The van der Waals surface area contributed by atoms with Gasteiger partial charge in [-0.05, 0) is 56.8 Å². The number of aromatic nitrogens is 1. The van der Waals surface area contributed by atoms with Crippen LogP contribution in [0.2, 0.25) is 0 Å². The smallest absolute Gasteiger partial charge is 0.144 e. The van der Waals surface area contributed by atoms with Gasteiger partial charge in [0.1, 0.15) is 5.82 Å². The highest BCUT2D eigenvalue weighted by molar-refractivity contribution is 5.20. The predicted molar refractivity (Wildman–Crippen MR) is 60.6 cm³/mol. The van der Waals surface area contributed by atoms with Crippen LogP contribution in [0.1, 0.15) is 36.6 Å². The Morgan fingerprint density at radius 3 is 2.69 bits per heavy atom. The van der Waals surface area contributed by atoms with E-state index in [1.165, 1.54) is 32.4 Å². The summed E-state index contributed by atoms with van der Waals surface area (Å²) in [5, 5.41) is 0. The van der Waals surface area contributed by atoms with Crippen molar-refractivity contribution < 1.29 is 4.39 Å². The van der Waals surface area contributed by atoms with E-state index < -0.39 is 0 Å². The van der Waals surface area contributed by atoms with E-state index in [1.807, 2.05) is 6.20 Å². The molecule has 0 radical (unpaired) electrons. The van der Waals surface area contributed by atoms with Gasteiger partial charge in [-0.2, -0.15) is 0 Å². The molecule has 2 nitrogen and oxygen atoms in total. The minimum atomic E-state index is -0.167.